The first kappa shape index (κ1) is 18.8. The summed E-state index contributed by atoms with van der Waals surface area (Å²) in [6.07, 6.45) is 0.725. The van der Waals surface area contributed by atoms with E-state index in [1.54, 1.807) is 37.4 Å². The van der Waals surface area contributed by atoms with Crippen LogP contribution in [0.5, 0.6) is 11.5 Å². The number of benzene rings is 3. The van der Waals surface area contributed by atoms with Crippen LogP contribution in [0.4, 0.5) is 5.69 Å². The molecular weight excluding hydrogens is 362 g/mol. The zero-order valence-electron chi connectivity index (χ0n) is 14.9. The molecule has 0 radical (unpaired) electrons. The molecule has 0 aromatic heterocycles. The van der Waals surface area contributed by atoms with E-state index in [0.29, 0.717) is 28.6 Å². The summed E-state index contributed by atoms with van der Waals surface area (Å²) in [4.78, 5) is 12.3. The molecule has 1 N–H and O–H groups in total. The summed E-state index contributed by atoms with van der Waals surface area (Å²) in [6, 6.07) is 22.0. The van der Waals surface area contributed by atoms with E-state index in [0.717, 1.165) is 17.7 Å². The van der Waals surface area contributed by atoms with Gasteiger partial charge >= 0.3 is 0 Å². The first-order valence-electron chi connectivity index (χ1n) is 8.57. The molecule has 0 aliphatic rings. The number of nitrogens with one attached hydrogen (secondary N) is 1. The lowest BCUT2D eigenvalue weighted by Crippen LogP contribution is -2.12. The third-order valence-electron chi connectivity index (χ3n) is 4.01. The highest BCUT2D eigenvalue weighted by atomic mass is 35.5. The van der Waals surface area contributed by atoms with Crippen molar-refractivity contribution in [3.63, 3.8) is 0 Å². The minimum absolute atomic E-state index is 0.219. The fourth-order valence-electron chi connectivity index (χ4n) is 2.68. The molecule has 0 spiro atoms. The zero-order valence-corrected chi connectivity index (χ0v) is 15.7. The number of hydrogen-bond donors (Lipinski definition) is 1. The average Bonchev–Trinajstić information content (AvgIpc) is 2.68. The van der Waals surface area contributed by atoms with Gasteiger partial charge in [-0.25, -0.2) is 0 Å². The number of halogens is 1. The van der Waals surface area contributed by atoms with Crippen LogP contribution in [-0.2, 0) is 6.42 Å². The van der Waals surface area contributed by atoms with Crippen LogP contribution in [0.2, 0.25) is 5.02 Å². The van der Waals surface area contributed by atoms with Gasteiger partial charge in [-0.15, -0.1) is 0 Å². The molecule has 1 amide bonds. The standard InChI is InChI=1S/C22H20ClNO3/c1-26-21-11-3-2-6-16(21)12-13-27-20-10-5-9-19(15-20)24-22(25)17-7-4-8-18(23)14-17/h2-11,14-15H,12-13H2,1H3,(H,24,25). The number of ether oxygens (including phenoxy) is 2. The van der Waals surface area contributed by atoms with E-state index in [9.17, 15) is 4.79 Å². The van der Waals surface area contributed by atoms with Crippen LogP contribution >= 0.6 is 11.6 Å². The highest BCUT2D eigenvalue weighted by Crippen LogP contribution is 2.21. The lowest BCUT2D eigenvalue weighted by atomic mass is 10.1. The van der Waals surface area contributed by atoms with Crippen LogP contribution in [0.15, 0.2) is 72.8 Å². The maximum atomic E-state index is 12.3. The summed E-state index contributed by atoms with van der Waals surface area (Å²) >= 11 is 5.94. The molecule has 4 nitrogen and oxygen atoms in total. The highest BCUT2D eigenvalue weighted by Gasteiger charge is 2.07. The third kappa shape index (κ3) is 5.25. The number of rotatable bonds is 7. The summed E-state index contributed by atoms with van der Waals surface area (Å²) in [6.45, 7) is 0.506. The molecule has 0 aliphatic carbocycles. The topological polar surface area (TPSA) is 47.6 Å². The molecule has 3 aromatic rings. The SMILES string of the molecule is COc1ccccc1CCOc1cccc(NC(=O)c2cccc(Cl)c2)c1. The molecule has 0 heterocycles. The van der Waals surface area contributed by atoms with Crippen LogP contribution in [-0.4, -0.2) is 19.6 Å². The second-order valence-corrected chi connectivity index (χ2v) is 6.34. The van der Waals surface area contributed by atoms with E-state index in [-0.39, 0.29) is 5.91 Å². The van der Waals surface area contributed by atoms with E-state index in [4.69, 9.17) is 21.1 Å². The van der Waals surface area contributed by atoms with Crippen LogP contribution in [0.1, 0.15) is 15.9 Å². The molecule has 0 fully saturated rings. The Labute approximate surface area is 163 Å². The van der Waals surface area contributed by atoms with Crippen molar-refractivity contribution >= 4 is 23.2 Å². The molecule has 0 saturated heterocycles. The average molecular weight is 382 g/mol. The Morgan fingerprint density at radius 3 is 2.63 bits per heavy atom. The van der Waals surface area contributed by atoms with Crippen molar-refractivity contribution in [1.82, 2.24) is 0 Å². The number of methoxy groups -OCH3 is 1. The molecular formula is C22H20ClNO3. The summed E-state index contributed by atoms with van der Waals surface area (Å²) < 4.78 is 11.2. The fraction of sp³-hybridized carbons (Fsp3) is 0.136. The minimum atomic E-state index is -0.219. The van der Waals surface area contributed by atoms with Gasteiger partial charge in [0.05, 0.1) is 13.7 Å². The van der Waals surface area contributed by atoms with Gasteiger partial charge in [0.1, 0.15) is 11.5 Å². The maximum Gasteiger partial charge on any atom is 0.255 e. The molecule has 27 heavy (non-hydrogen) atoms. The zero-order chi connectivity index (χ0) is 19.1. The van der Waals surface area contributed by atoms with E-state index >= 15 is 0 Å². The van der Waals surface area contributed by atoms with Gasteiger partial charge in [-0.3, -0.25) is 4.79 Å². The van der Waals surface area contributed by atoms with Gasteiger partial charge in [0.15, 0.2) is 0 Å². The molecule has 0 unspecified atom stereocenters. The maximum absolute atomic E-state index is 12.3. The Kier molecular flexibility index (Phi) is 6.34. The van der Waals surface area contributed by atoms with Crippen molar-refractivity contribution in [3.8, 4) is 11.5 Å². The summed E-state index contributed by atoms with van der Waals surface area (Å²) in [7, 11) is 1.66. The summed E-state index contributed by atoms with van der Waals surface area (Å²) in [5.41, 5.74) is 2.25. The number of anilines is 1. The Balaban J connectivity index is 1.59. The van der Waals surface area contributed by atoms with Crippen molar-refractivity contribution in [2.75, 3.05) is 19.0 Å². The number of carbonyl (C=O) groups is 1. The van der Waals surface area contributed by atoms with Crippen LogP contribution in [0, 0.1) is 0 Å². The first-order valence-corrected chi connectivity index (χ1v) is 8.95. The molecule has 5 heteroatoms. The van der Waals surface area contributed by atoms with Crippen molar-refractivity contribution in [3.05, 3.63) is 88.9 Å². The first-order chi connectivity index (χ1) is 13.2. The van der Waals surface area contributed by atoms with Gasteiger partial charge in [-0.2, -0.15) is 0 Å². The molecule has 3 rings (SSSR count). The van der Waals surface area contributed by atoms with E-state index in [2.05, 4.69) is 5.32 Å². The van der Waals surface area contributed by atoms with Gasteiger partial charge in [-0.05, 0) is 42.0 Å². The van der Waals surface area contributed by atoms with Gasteiger partial charge in [0.2, 0.25) is 0 Å². The van der Waals surface area contributed by atoms with Crippen molar-refractivity contribution in [1.29, 1.82) is 0 Å². The molecule has 138 valence electrons. The van der Waals surface area contributed by atoms with Crippen molar-refractivity contribution in [2.24, 2.45) is 0 Å². The molecule has 3 aromatic carbocycles. The Bertz CT molecular complexity index is 927. The van der Waals surface area contributed by atoms with Gasteiger partial charge in [-0.1, -0.05) is 41.9 Å². The predicted octanol–water partition coefficient (Wildman–Crippen LogP) is 5.22. The molecule has 0 saturated carbocycles. The molecule has 0 bridgehead atoms. The van der Waals surface area contributed by atoms with Crippen molar-refractivity contribution in [2.45, 2.75) is 6.42 Å². The normalized spacial score (nSPS) is 10.3. The number of carbonyl (C=O) groups excluding carboxylic acids is 1. The fourth-order valence-corrected chi connectivity index (χ4v) is 2.88. The van der Waals surface area contributed by atoms with Crippen LogP contribution in [0.3, 0.4) is 0 Å². The lowest BCUT2D eigenvalue weighted by molar-refractivity contribution is 0.102. The highest BCUT2D eigenvalue weighted by molar-refractivity contribution is 6.31. The smallest absolute Gasteiger partial charge is 0.255 e. The quantitative estimate of drug-likeness (QED) is 0.610. The minimum Gasteiger partial charge on any atom is -0.496 e. The molecule has 0 atom stereocenters. The Morgan fingerprint density at radius 2 is 1.81 bits per heavy atom. The Hall–Kier alpha value is -2.98. The Morgan fingerprint density at radius 1 is 1.00 bits per heavy atom. The largest absolute Gasteiger partial charge is 0.496 e. The van der Waals surface area contributed by atoms with Crippen LogP contribution in [0.25, 0.3) is 0 Å². The second kappa shape index (κ2) is 9.10. The van der Waals surface area contributed by atoms with Crippen molar-refractivity contribution < 1.29 is 14.3 Å². The van der Waals surface area contributed by atoms with Gasteiger partial charge < -0.3 is 14.8 Å². The molecule has 0 aliphatic heterocycles. The van der Waals surface area contributed by atoms with E-state index in [1.807, 2.05) is 42.5 Å². The van der Waals surface area contributed by atoms with E-state index < -0.39 is 0 Å². The van der Waals surface area contributed by atoms with Gasteiger partial charge in [0, 0.05) is 28.8 Å². The van der Waals surface area contributed by atoms with Gasteiger partial charge in [0.25, 0.3) is 5.91 Å². The monoisotopic (exact) mass is 381 g/mol. The number of amides is 1. The lowest BCUT2D eigenvalue weighted by Gasteiger charge is -2.11. The summed E-state index contributed by atoms with van der Waals surface area (Å²) in [5.74, 6) is 1.32. The number of hydrogen-bond acceptors (Lipinski definition) is 3. The number of para-hydroxylation sites is 1. The third-order valence-corrected chi connectivity index (χ3v) is 4.25. The second-order valence-electron chi connectivity index (χ2n) is 5.90. The van der Waals surface area contributed by atoms with Crippen LogP contribution < -0.4 is 14.8 Å². The van der Waals surface area contributed by atoms with E-state index in [1.165, 1.54) is 0 Å². The predicted molar refractivity (Wildman–Crippen MR) is 108 cm³/mol. The summed E-state index contributed by atoms with van der Waals surface area (Å²) in [5, 5.41) is 3.38.